The van der Waals surface area contributed by atoms with Gasteiger partial charge in [0.25, 0.3) is 0 Å². The van der Waals surface area contributed by atoms with Crippen molar-refractivity contribution in [2.75, 3.05) is 29.0 Å². The van der Waals surface area contributed by atoms with Crippen molar-refractivity contribution in [3.05, 3.63) is 29.8 Å². The number of hydrogen-bond acceptors (Lipinski definition) is 6. The highest BCUT2D eigenvalue weighted by atomic mass is 35.5. The number of nitrogen functional groups attached to an aromatic ring is 1. The molecule has 0 aliphatic carbocycles. The van der Waals surface area contributed by atoms with Crippen LogP contribution < -0.4 is 16.0 Å². The predicted molar refractivity (Wildman–Crippen MR) is 85.0 cm³/mol. The van der Waals surface area contributed by atoms with Crippen molar-refractivity contribution >= 4 is 34.6 Å². The minimum absolute atomic E-state index is 0.384. The molecule has 7 heteroatoms. The van der Waals surface area contributed by atoms with Gasteiger partial charge in [0, 0.05) is 19.3 Å². The fourth-order valence-corrected chi connectivity index (χ4v) is 2.62. The van der Waals surface area contributed by atoms with E-state index in [1.165, 1.54) is 25.6 Å². The summed E-state index contributed by atoms with van der Waals surface area (Å²) in [4.78, 5) is 14.8. The lowest BCUT2D eigenvalue weighted by Gasteiger charge is -2.28. The highest BCUT2D eigenvalue weighted by Crippen LogP contribution is 2.31. The maximum absolute atomic E-state index is 6.22. The number of nitrogens with one attached hydrogen (secondary N) is 1. The van der Waals surface area contributed by atoms with Gasteiger partial charge in [-0.2, -0.15) is 0 Å². The lowest BCUT2D eigenvalue weighted by molar-refractivity contribution is 0.574. The Morgan fingerprint density at radius 2 is 1.95 bits per heavy atom. The third-order valence-corrected chi connectivity index (χ3v) is 3.83. The molecule has 3 heterocycles. The van der Waals surface area contributed by atoms with Crippen molar-refractivity contribution in [1.82, 2.24) is 15.0 Å². The van der Waals surface area contributed by atoms with E-state index in [1.807, 2.05) is 6.07 Å². The number of hydrogen-bond donors (Lipinski definition) is 2. The van der Waals surface area contributed by atoms with Gasteiger partial charge in [-0.1, -0.05) is 11.6 Å². The summed E-state index contributed by atoms with van der Waals surface area (Å²) in [6.07, 6.45) is 6.75. The van der Waals surface area contributed by atoms with Crippen molar-refractivity contribution in [2.24, 2.45) is 0 Å². The van der Waals surface area contributed by atoms with Gasteiger partial charge < -0.3 is 16.0 Å². The molecule has 0 spiro atoms. The van der Waals surface area contributed by atoms with E-state index < -0.39 is 0 Å². The molecule has 0 amide bonds. The zero-order valence-electron chi connectivity index (χ0n) is 11.6. The van der Waals surface area contributed by atoms with Crippen LogP contribution in [0.5, 0.6) is 0 Å². The van der Waals surface area contributed by atoms with E-state index in [0.717, 1.165) is 18.9 Å². The second kappa shape index (κ2) is 6.13. The topological polar surface area (TPSA) is 80.0 Å². The van der Waals surface area contributed by atoms with Gasteiger partial charge in [0.2, 0.25) is 0 Å². The van der Waals surface area contributed by atoms with E-state index >= 15 is 0 Å². The van der Waals surface area contributed by atoms with E-state index in [4.69, 9.17) is 17.3 Å². The number of halogens is 1. The lowest BCUT2D eigenvalue weighted by Crippen LogP contribution is -2.31. The standard InChI is InChI=1S/C14H17ClN6/c15-12-10(5-4-6-17-12)20-13-11(16)14(19-9-18-13)21-7-2-1-3-8-21/h4-6,9H,1-3,7-8,16H2,(H,18,19,20). The van der Waals surface area contributed by atoms with Crippen LogP contribution in [0.4, 0.5) is 23.0 Å². The van der Waals surface area contributed by atoms with Crippen LogP contribution in [0.1, 0.15) is 19.3 Å². The molecule has 1 saturated heterocycles. The van der Waals surface area contributed by atoms with Gasteiger partial charge >= 0.3 is 0 Å². The van der Waals surface area contributed by atoms with Crippen LogP contribution in [0.3, 0.4) is 0 Å². The molecule has 3 rings (SSSR count). The van der Waals surface area contributed by atoms with Gasteiger partial charge in [0.1, 0.15) is 12.0 Å². The molecule has 0 unspecified atom stereocenters. The molecule has 3 N–H and O–H groups in total. The smallest absolute Gasteiger partial charge is 0.159 e. The second-order valence-electron chi connectivity index (χ2n) is 4.97. The molecule has 0 radical (unpaired) electrons. The Morgan fingerprint density at radius 1 is 1.14 bits per heavy atom. The van der Waals surface area contributed by atoms with Gasteiger partial charge in [-0.25, -0.2) is 15.0 Å². The van der Waals surface area contributed by atoms with Crippen molar-refractivity contribution in [1.29, 1.82) is 0 Å². The number of rotatable bonds is 3. The largest absolute Gasteiger partial charge is 0.393 e. The summed E-state index contributed by atoms with van der Waals surface area (Å²) in [6.45, 7) is 1.96. The monoisotopic (exact) mass is 304 g/mol. The molecule has 1 aliphatic rings. The molecule has 0 bridgehead atoms. The maximum atomic E-state index is 6.22. The number of piperidine rings is 1. The minimum Gasteiger partial charge on any atom is -0.393 e. The zero-order chi connectivity index (χ0) is 14.7. The first-order chi connectivity index (χ1) is 10.3. The van der Waals surface area contributed by atoms with Gasteiger partial charge in [0.05, 0.1) is 5.69 Å². The maximum Gasteiger partial charge on any atom is 0.159 e. The SMILES string of the molecule is Nc1c(Nc2cccnc2Cl)ncnc1N1CCCCC1. The first-order valence-electron chi connectivity index (χ1n) is 6.98. The molecule has 2 aromatic heterocycles. The number of pyridine rings is 1. The molecule has 0 saturated carbocycles. The Kier molecular flexibility index (Phi) is 4.06. The van der Waals surface area contributed by atoms with Crippen molar-refractivity contribution in [3.8, 4) is 0 Å². The third-order valence-electron chi connectivity index (χ3n) is 3.53. The van der Waals surface area contributed by atoms with Crippen molar-refractivity contribution in [2.45, 2.75) is 19.3 Å². The summed E-state index contributed by atoms with van der Waals surface area (Å²) in [5.41, 5.74) is 7.44. The first kappa shape index (κ1) is 13.9. The summed E-state index contributed by atoms with van der Waals surface area (Å²) in [7, 11) is 0. The third kappa shape index (κ3) is 3.00. The summed E-state index contributed by atoms with van der Waals surface area (Å²) in [5, 5.41) is 3.51. The fraction of sp³-hybridized carbons (Fsp3) is 0.357. The first-order valence-corrected chi connectivity index (χ1v) is 7.36. The van der Waals surface area contributed by atoms with Gasteiger partial charge in [-0.3, -0.25) is 0 Å². The Labute approximate surface area is 128 Å². The van der Waals surface area contributed by atoms with E-state index in [9.17, 15) is 0 Å². The summed E-state index contributed by atoms with van der Waals surface area (Å²) in [5.74, 6) is 1.34. The molecule has 2 aromatic rings. The highest BCUT2D eigenvalue weighted by Gasteiger charge is 2.17. The van der Waals surface area contributed by atoms with Crippen molar-refractivity contribution in [3.63, 3.8) is 0 Å². The van der Waals surface area contributed by atoms with Gasteiger partial charge in [-0.15, -0.1) is 0 Å². The Bertz CT molecular complexity index is 627. The van der Waals surface area contributed by atoms with Crippen LogP contribution in [0.2, 0.25) is 5.15 Å². The van der Waals surface area contributed by atoms with Gasteiger partial charge in [0.15, 0.2) is 16.8 Å². The van der Waals surface area contributed by atoms with Crippen LogP contribution in [-0.2, 0) is 0 Å². The van der Waals surface area contributed by atoms with Crippen LogP contribution in [0.25, 0.3) is 0 Å². The average Bonchev–Trinajstić information content (AvgIpc) is 2.52. The molecule has 110 valence electrons. The Morgan fingerprint density at radius 3 is 2.71 bits per heavy atom. The van der Waals surface area contributed by atoms with Gasteiger partial charge in [-0.05, 0) is 31.4 Å². The number of nitrogens with zero attached hydrogens (tertiary/aromatic N) is 4. The predicted octanol–water partition coefficient (Wildman–Crippen LogP) is 2.84. The number of anilines is 4. The molecule has 0 aromatic carbocycles. The molecule has 1 aliphatic heterocycles. The van der Waals surface area contributed by atoms with E-state index in [-0.39, 0.29) is 0 Å². The average molecular weight is 305 g/mol. The normalized spacial score (nSPS) is 15.0. The lowest BCUT2D eigenvalue weighted by atomic mass is 10.1. The van der Waals surface area contributed by atoms with Crippen molar-refractivity contribution < 1.29 is 0 Å². The molecule has 6 nitrogen and oxygen atoms in total. The zero-order valence-corrected chi connectivity index (χ0v) is 12.3. The Hall–Kier alpha value is -2.08. The van der Waals surface area contributed by atoms with E-state index in [1.54, 1.807) is 12.3 Å². The molecular weight excluding hydrogens is 288 g/mol. The van der Waals surface area contributed by atoms with E-state index in [0.29, 0.717) is 22.3 Å². The van der Waals surface area contributed by atoms with E-state index in [2.05, 4.69) is 25.2 Å². The molecule has 1 fully saturated rings. The van der Waals surface area contributed by atoms with Crippen LogP contribution in [0.15, 0.2) is 24.7 Å². The fourth-order valence-electron chi connectivity index (χ4n) is 2.45. The Balaban J connectivity index is 1.88. The summed E-state index contributed by atoms with van der Waals surface area (Å²) in [6, 6.07) is 3.63. The molecule has 0 atom stereocenters. The molecule has 21 heavy (non-hydrogen) atoms. The summed E-state index contributed by atoms with van der Waals surface area (Å²) >= 11 is 6.05. The second-order valence-corrected chi connectivity index (χ2v) is 5.33. The summed E-state index contributed by atoms with van der Waals surface area (Å²) < 4.78 is 0. The quantitative estimate of drug-likeness (QED) is 0.849. The number of aromatic nitrogens is 3. The van der Waals surface area contributed by atoms with Crippen LogP contribution in [-0.4, -0.2) is 28.0 Å². The molecular formula is C14H17ClN6. The number of nitrogens with two attached hydrogens (primary N) is 1. The minimum atomic E-state index is 0.384. The van der Waals surface area contributed by atoms with Crippen LogP contribution >= 0.6 is 11.6 Å². The highest BCUT2D eigenvalue weighted by molar-refractivity contribution is 6.32. The van der Waals surface area contributed by atoms with Crippen LogP contribution in [0, 0.1) is 0 Å².